The fraction of sp³-hybridized carbons (Fsp3) is 1.00. The zero-order valence-electron chi connectivity index (χ0n) is 9.52. The van der Waals surface area contributed by atoms with E-state index >= 15 is 0 Å². The largest absolute Gasteiger partial charge is 0.281 e. The minimum Gasteiger partial charge on any atom is -0.195 e. The topological polar surface area (TPSA) is 40.6 Å². The third-order valence-corrected chi connectivity index (χ3v) is 5.60. The molecule has 0 amide bonds. The van der Waals surface area contributed by atoms with Crippen molar-refractivity contribution < 1.29 is 8.42 Å². The smallest absolute Gasteiger partial charge is 0.195 e. The second-order valence-corrected chi connectivity index (χ2v) is 7.05. The van der Waals surface area contributed by atoms with Crippen LogP contribution in [0.4, 0.5) is 0 Å². The summed E-state index contributed by atoms with van der Waals surface area (Å²) in [6.07, 6.45) is 4.97. The summed E-state index contributed by atoms with van der Waals surface area (Å²) in [7, 11) is 0.0487. The highest BCUT2D eigenvalue weighted by molar-refractivity contribution is 7.86. The van der Waals surface area contributed by atoms with Crippen LogP contribution in [0.15, 0.2) is 0 Å². The van der Waals surface area contributed by atoms with Gasteiger partial charge in [-0.1, -0.05) is 12.8 Å². The van der Waals surface area contributed by atoms with E-state index in [1.54, 1.807) is 18.4 Å². The molecule has 1 aliphatic carbocycles. The van der Waals surface area contributed by atoms with Gasteiger partial charge in [0.25, 0.3) is 10.2 Å². The Labute approximate surface area is 92.4 Å². The lowest BCUT2D eigenvalue weighted by Crippen LogP contribution is -2.38. The van der Waals surface area contributed by atoms with E-state index in [1.165, 1.54) is 30.0 Å². The molecule has 1 aliphatic heterocycles. The number of hydrogen-bond donors (Lipinski definition) is 0. The van der Waals surface area contributed by atoms with Gasteiger partial charge < -0.3 is 0 Å². The minimum atomic E-state index is -3.17. The molecule has 0 aromatic heterocycles. The summed E-state index contributed by atoms with van der Waals surface area (Å²) in [6, 6.07) is 0. The molecule has 2 atom stereocenters. The van der Waals surface area contributed by atoms with Crippen LogP contribution < -0.4 is 0 Å². The first-order chi connectivity index (χ1) is 7.01. The van der Waals surface area contributed by atoms with Gasteiger partial charge in [0.1, 0.15) is 0 Å². The molecule has 1 saturated heterocycles. The first-order valence-electron chi connectivity index (χ1n) is 5.69. The molecule has 2 unspecified atom stereocenters. The lowest BCUT2D eigenvalue weighted by atomic mass is 9.82. The van der Waals surface area contributed by atoms with Crippen LogP contribution in [0.1, 0.15) is 25.7 Å². The maximum absolute atomic E-state index is 11.9. The van der Waals surface area contributed by atoms with Crippen molar-refractivity contribution in [2.45, 2.75) is 25.7 Å². The maximum Gasteiger partial charge on any atom is 0.281 e. The SMILES string of the molecule is CN(C)S(=O)(=O)N1CC2CCCCC2C1. The molecule has 1 heterocycles. The first-order valence-corrected chi connectivity index (χ1v) is 7.09. The first kappa shape index (κ1) is 11.4. The normalized spacial score (nSPS) is 33.3. The number of nitrogens with zero attached hydrogens (tertiary/aromatic N) is 2. The van der Waals surface area contributed by atoms with E-state index < -0.39 is 10.2 Å². The molecule has 5 heteroatoms. The van der Waals surface area contributed by atoms with Gasteiger partial charge in [0, 0.05) is 27.2 Å². The van der Waals surface area contributed by atoms with Crippen molar-refractivity contribution in [2.75, 3.05) is 27.2 Å². The summed E-state index contributed by atoms with van der Waals surface area (Å²) in [6.45, 7) is 1.48. The summed E-state index contributed by atoms with van der Waals surface area (Å²) < 4.78 is 26.8. The Morgan fingerprint density at radius 1 is 1.07 bits per heavy atom. The van der Waals surface area contributed by atoms with E-state index in [9.17, 15) is 8.42 Å². The van der Waals surface area contributed by atoms with Crippen molar-refractivity contribution in [1.29, 1.82) is 0 Å². The summed E-state index contributed by atoms with van der Waals surface area (Å²) in [5.74, 6) is 1.24. The van der Waals surface area contributed by atoms with Crippen molar-refractivity contribution in [3.63, 3.8) is 0 Å². The molecule has 2 aliphatic rings. The van der Waals surface area contributed by atoms with Gasteiger partial charge in [0.05, 0.1) is 0 Å². The lowest BCUT2D eigenvalue weighted by Gasteiger charge is -2.22. The second kappa shape index (κ2) is 4.03. The van der Waals surface area contributed by atoms with Crippen molar-refractivity contribution in [3.05, 3.63) is 0 Å². The summed E-state index contributed by atoms with van der Waals surface area (Å²) in [5.41, 5.74) is 0. The van der Waals surface area contributed by atoms with Crippen LogP contribution in [0.2, 0.25) is 0 Å². The summed E-state index contributed by atoms with van der Waals surface area (Å²) in [4.78, 5) is 0. The highest BCUT2D eigenvalue weighted by atomic mass is 32.2. The highest BCUT2D eigenvalue weighted by Crippen LogP contribution is 2.37. The minimum absolute atomic E-state index is 0.619. The Hall–Kier alpha value is -0.130. The Bertz CT molecular complexity index is 312. The Morgan fingerprint density at radius 2 is 1.53 bits per heavy atom. The van der Waals surface area contributed by atoms with Crippen LogP contribution in [0.3, 0.4) is 0 Å². The predicted octanol–water partition coefficient (Wildman–Crippen LogP) is 0.915. The van der Waals surface area contributed by atoms with Crippen molar-refractivity contribution >= 4 is 10.2 Å². The van der Waals surface area contributed by atoms with E-state index in [4.69, 9.17) is 0 Å². The fourth-order valence-electron chi connectivity index (χ4n) is 2.78. The van der Waals surface area contributed by atoms with Gasteiger partial charge in [-0.3, -0.25) is 0 Å². The molecule has 0 bridgehead atoms. The second-order valence-electron chi connectivity index (χ2n) is 4.91. The molecule has 2 rings (SSSR count). The number of rotatable bonds is 2. The third-order valence-electron chi connectivity index (χ3n) is 3.73. The van der Waals surface area contributed by atoms with E-state index in [0.29, 0.717) is 11.8 Å². The summed E-state index contributed by atoms with van der Waals surface area (Å²) in [5, 5.41) is 0. The molecule has 2 fully saturated rings. The molecule has 88 valence electrons. The molecule has 0 spiro atoms. The molecule has 15 heavy (non-hydrogen) atoms. The van der Waals surface area contributed by atoms with Crippen molar-refractivity contribution in [3.8, 4) is 0 Å². The van der Waals surface area contributed by atoms with E-state index in [2.05, 4.69) is 0 Å². The molecular formula is C10H20N2O2S. The van der Waals surface area contributed by atoms with Crippen LogP contribution in [0, 0.1) is 11.8 Å². The fourth-order valence-corrected chi connectivity index (χ4v) is 4.00. The lowest BCUT2D eigenvalue weighted by molar-refractivity contribution is 0.299. The zero-order valence-corrected chi connectivity index (χ0v) is 10.3. The Balaban J connectivity index is 2.09. The Morgan fingerprint density at radius 3 is 1.93 bits per heavy atom. The quantitative estimate of drug-likeness (QED) is 0.710. The molecule has 0 N–H and O–H groups in total. The van der Waals surface area contributed by atoms with Crippen LogP contribution in [0.25, 0.3) is 0 Å². The molecule has 1 saturated carbocycles. The predicted molar refractivity (Wildman–Crippen MR) is 59.6 cm³/mol. The average molecular weight is 232 g/mol. The van der Waals surface area contributed by atoms with Gasteiger partial charge in [-0.2, -0.15) is 17.0 Å². The molecular weight excluding hydrogens is 212 g/mol. The van der Waals surface area contributed by atoms with Crippen LogP contribution >= 0.6 is 0 Å². The van der Waals surface area contributed by atoms with Crippen LogP contribution in [-0.2, 0) is 10.2 Å². The van der Waals surface area contributed by atoms with Gasteiger partial charge >= 0.3 is 0 Å². The average Bonchev–Trinajstić information content (AvgIpc) is 2.61. The van der Waals surface area contributed by atoms with Crippen molar-refractivity contribution in [2.24, 2.45) is 11.8 Å². The molecule has 0 aromatic carbocycles. The number of fused-ring (bicyclic) bond motifs is 1. The van der Waals surface area contributed by atoms with Gasteiger partial charge in [0.15, 0.2) is 0 Å². The van der Waals surface area contributed by atoms with Crippen LogP contribution in [-0.4, -0.2) is 44.2 Å². The number of hydrogen-bond acceptors (Lipinski definition) is 2. The monoisotopic (exact) mass is 232 g/mol. The third kappa shape index (κ3) is 2.05. The van der Waals surface area contributed by atoms with E-state index in [1.807, 2.05) is 0 Å². The van der Waals surface area contributed by atoms with Gasteiger partial charge in [-0.25, -0.2) is 0 Å². The van der Waals surface area contributed by atoms with Gasteiger partial charge in [-0.15, -0.1) is 0 Å². The van der Waals surface area contributed by atoms with Gasteiger partial charge in [-0.05, 0) is 24.7 Å². The van der Waals surface area contributed by atoms with Gasteiger partial charge in [0.2, 0.25) is 0 Å². The summed E-state index contributed by atoms with van der Waals surface area (Å²) >= 11 is 0. The van der Waals surface area contributed by atoms with E-state index in [0.717, 1.165) is 13.1 Å². The zero-order chi connectivity index (χ0) is 11.1. The van der Waals surface area contributed by atoms with E-state index in [-0.39, 0.29) is 0 Å². The Kier molecular flexibility index (Phi) is 3.05. The standard InChI is InChI=1S/C10H20N2O2S/c1-11(2)15(13,14)12-7-9-5-3-4-6-10(9)8-12/h9-10H,3-8H2,1-2H3. The molecule has 0 aromatic rings. The molecule has 0 radical (unpaired) electrons. The highest BCUT2D eigenvalue weighted by Gasteiger charge is 2.40. The molecule has 4 nitrogen and oxygen atoms in total. The van der Waals surface area contributed by atoms with Crippen LogP contribution in [0.5, 0.6) is 0 Å². The van der Waals surface area contributed by atoms with Crippen molar-refractivity contribution in [1.82, 2.24) is 8.61 Å². The maximum atomic E-state index is 11.9.